The van der Waals surface area contributed by atoms with Gasteiger partial charge in [0.1, 0.15) is 0 Å². The minimum absolute atomic E-state index is 0.630. The highest BCUT2D eigenvalue weighted by Crippen LogP contribution is 2.24. The van der Waals surface area contributed by atoms with E-state index in [0.29, 0.717) is 11.9 Å². The van der Waals surface area contributed by atoms with Gasteiger partial charge < -0.3 is 0 Å². The molecule has 0 fully saturated rings. The van der Waals surface area contributed by atoms with Crippen molar-refractivity contribution in [1.82, 2.24) is 0 Å². The molecule has 2 aromatic rings. The second-order valence-electron chi connectivity index (χ2n) is 4.25. The van der Waals surface area contributed by atoms with Crippen LogP contribution in [-0.4, -0.2) is 0 Å². The number of aryl methyl sites for hydroxylation is 2. The third-order valence-corrected chi connectivity index (χ3v) is 2.83. The Hall–Kier alpha value is -1.89. The maximum Gasteiger partial charge on any atom is 0.0951 e. The van der Waals surface area contributed by atoms with E-state index in [1.807, 2.05) is 62.4 Å². The summed E-state index contributed by atoms with van der Waals surface area (Å²) in [7, 11) is 0. The van der Waals surface area contributed by atoms with Crippen molar-refractivity contribution in [2.45, 2.75) is 13.8 Å². The Morgan fingerprint density at radius 1 is 0.765 bits per heavy atom. The van der Waals surface area contributed by atoms with Crippen molar-refractivity contribution in [3.8, 4) is 0 Å². The van der Waals surface area contributed by atoms with Crippen LogP contribution in [0.15, 0.2) is 54.9 Å². The van der Waals surface area contributed by atoms with E-state index in [2.05, 4.69) is 0 Å². The number of hydrogen-bond donors (Lipinski definition) is 0. The minimum atomic E-state index is 0.630. The minimum Gasteiger partial charge on any atom is -0.215 e. The van der Waals surface area contributed by atoms with Crippen LogP contribution < -0.4 is 0 Å². The lowest BCUT2D eigenvalue weighted by molar-refractivity contribution is 0.724. The van der Waals surface area contributed by atoms with Crippen molar-refractivity contribution in [3.63, 3.8) is 0 Å². The van der Waals surface area contributed by atoms with Gasteiger partial charge in [0.15, 0.2) is 0 Å². The van der Waals surface area contributed by atoms with Crippen LogP contribution >= 0.6 is 0 Å². The summed E-state index contributed by atoms with van der Waals surface area (Å²) in [5.41, 5.74) is 4.79. The Morgan fingerprint density at radius 3 is 1.41 bits per heavy atom. The fourth-order valence-corrected chi connectivity index (χ4v) is 1.76. The quantitative estimate of drug-likeness (QED) is 0.698. The van der Waals surface area contributed by atoms with Gasteiger partial charge in [0.25, 0.3) is 0 Å². The maximum absolute atomic E-state index is 13.1. The second-order valence-corrected chi connectivity index (χ2v) is 4.25. The first-order valence-corrected chi connectivity index (χ1v) is 5.65. The molecule has 17 heavy (non-hydrogen) atoms. The van der Waals surface area contributed by atoms with E-state index < -0.39 is 0 Å². The summed E-state index contributed by atoms with van der Waals surface area (Å²) in [5, 5.41) is 0. The molecule has 0 nitrogen and oxygen atoms in total. The van der Waals surface area contributed by atoms with Gasteiger partial charge in [-0.3, -0.25) is 0 Å². The van der Waals surface area contributed by atoms with Crippen LogP contribution in [0.3, 0.4) is 0 Å². The Kier molecular flexibility index (Phi) is 3.38. The molecule has 0 saturated heterocycles. The van der Waals surface area contributed by atoms with Gasteiger partial charge in [-0.25, -0.2) is 4.39 Å². The third kappa shape index (κ3) is 2.62. The molecule has 0 spiro atoms. The molecule has 86 valence electrons. The van der Waals surface area contributed by atoms with Gasteiger partial charge >= 0.3 is 0 Å². The molecule has 0 N–H and O–H groups in total. The van der Waals surface area contributed by atoms with Gasteiger partial charge in [0.2, 0.25) is 0 Å². The van der Waals surface area contributed by atoms with Crippen molar-refractivity contribution in [1.29, 1.82) is 0 Å². The van der Waals surface area contributed by atoms with Gasteiger partial charge in [-0.2, -0.15) is 0 Å². The van der Waals surface area contributed by atoms with Gasteiger partial charge in [-0.1, -0.05) is 59.7 Å². The summed E-state index contributed by atoms with van der Waals surface area (Å²) < 4.78 is 13.1. The van der Waals surface area contributed by atoms with E-state index in [9.17, 15) is 4.39 Å². The van der Waals surface area contributed by atoms with Crippen LogP contribution in [0.5, 0.6) is 0 Å². The Bertz CT molecular complexity index is 471. The fraction of sp³-hybridized carbons (Fsp3) is 0.125. The number of benzene rings is 2. The Morgan fingerprint density at radius 2 is 1.12 bits per heavy atom. The third-order valence-electron chi connectivity index (χ3n) is 2.83. The first-order valence-electron chi connectivity index (χ1n) is 5.65. The van der Waals surface area contributed by atoms with Crippen molar-refractivity contribution in [2.75, 3.05) is 0 Å². The first kappa shape index (κ1) is 11.6. The van der Waals surface area contributed by atoms with Crippen molar-refractivity contribution < 1.29 is 4.39 Å². The first-order chi connectivity index (χ1) is 8.20. The maximum atomic E-state index is 13.1. The molecule has 0 saturated carbocycles. The highest BCUT2D eigenvalue weighted by Gasteiger charge is 2.04. The number of rotatable bonds is 2. The smallest absolute Gasteiger partial charge is 0.0951 e. The Balaban J connectivity index is 2.41. The standard InChI is InChI=1S/C16H15F/c1-12-3-7-14(8-4-12)16(11-17)15-9-5-13(2)6-10-15/h3-11H,1-2H3. The molecule has 2 aromatic carbocycles. The highest BCUT2D eigenvalue weighted by atomic mass is 19.1. The van der Waals surface area contributed by atoms with E-state index in [1.165, 1.54) is 11.1 Å². The van der Waals surface area contributed by atoms with Crippen LogP contribution in [0.1, 0.15) is 22.3 Å². The van der Waals surface area contributed by atoms with Gasteiger partial charge in [-0.15, -0.1) is 0 Å². The topological polar surface area (TPSA) is 0 Å². The van der Waals surface area contributed by atoms with E-state index in [0.717, 1.165) is 11.1 Å². The second kappa shape index (κ2) is 4.96. The zero-order chi connectivity index (χ0) is 12.3. The highest BCUT2D eigenvalue weighted by molar-refractivity contribution is 5.79. The van der Waals surface area contributed by atoms with Gasteiger partial charge in [-0.05, 0) is 25.0 Å². The van der Waals surface area contributed by atoms with E-state index in [4.69, 9.17) is 0 Å². The molecule has 0 aromatic heterocycles. The SMILES string of the molecule is Cc1ccc(C(=CF)c2ccc(C)cc2)cc1. The molecule has 0 heterocycles. The zero-order valence-electron chi connectivity index (χ0n) is 10.1. The molecular formula is C16H15F. The molecule has 0 aliphatic carbocycles. The van der Waals surface area contributed by atoms with Crippen molar-refractivity contribution >= 4 is 5.57 Å². The van der Waals surface area contributed by atoms with Crippen molar-refractivity contribution in [3.05, 3.63) is 77.1 Å². The van der Waals surface area contributed by atoms with Crippen LogP contribution in [0, 0.1) is 13.8 Å². The normalized spacial score (nSPS) is 10.1. The molecule has 0 aliphatic heterocycles. The summed E-state index contributed by atoms with van der Waals surface area (Å²) >= 11 is 0. The van der Waals surface area contributed by atoms with Crippen LogP contribution in [-0.2, 0) is 0 Å². The molecule has 0 unspecified atom stereocenters. The molecule has 0 radical (unpaired) electrons. The van der Waals surface area contributed by atoms with E-state index in [1.54, 1.807) is 0 Å². The predicted octanol–water partition coefficient (Wildman–Crippen LogP) is 4.66. The summed E-state index contributed by atoms with van der Waals surface area (Å²) in [4.78, 5) is 0. The average molecular weight is 226 g/mol. The predicted molar refractivity (Wildman–Crippen MR) is 70.5 cm³/mol. The Labute approximate surface area is 101 Å². The molecular weight excluding hydrogens is 211 g/mol. The zero-order valence-corrected chi connectivity index (χ0v) is 10.1. The molecule has 0 amide bonds. The lowest BCUT2D eigenvalue weighted by atomic mass is 9.98. The summed E-state index contributed by atoms with van der Waals surface area (Å²) in [5.74, 6) is 0. The summed E-state index contributed by atoms with van der Waals surface area (Å²) in [6, 6.07) is 15.8. The van der Waals surface area contributed by atoms with Crippen LogP contribution in [0.25, 0.3) is 5.57 Å². The number of hydrogen-bond acceptors (Lipinski definition) is 0. The van der Waals surface area contributed by atoms with E-state index in [-0.39, 0.29) is 0 Å². The average Bonchev–Trinajstić information content (AvgIpc) is 2.35. The van der Waals surface area contributed by atoms with Crippen LogP contribution in [0.4, 0.5) is 4.39 Å². The van der Waals surface area contributed by atoms with Gasteiger partial charge in [0.05, 0.1) is 6.33 Å². The summed E-state index contributed by atoms with van der Waals surface area (Å²) in [6.45, 7) is 4.04. The fourth-order valence-electron chi connectivity index (χ4n) is 1.76. The molecule has 0 bridgehead atoms. The lowest BCUT2D eigenvalue weighted by Crippen LogP contribution is -1.87. The largest absolute Gasteiger partial charge is 0.215 e. The van der Waals surface area contributed by atoms with Gasteiger partial charge in [0, 0.05) is 5.57 Å². The van der Waals surface area contributed by atoms with Crippen molar-refractivity contribution in [2.24, 2.45) is 0 Å². The molecule has 0 atom stereocenters. The lowest BCUT2D eigenvalue weighted by Gasteiger charge is -2.07. The molecule has 0 aliphatic rings. The molecule has 2 rings (SSSR count). The van der Waals surface area contributed by atoms with Crippen LogP contribution in [0.2, 0.25) is 0 Å². The van der Waals surface area contributed by atoms with E-state index >= 15 is 0 Å². The number of halogens is 1. The summed E-state index contributed by atoms with van der Waals surface area (Å²) in [6.07, 6.45) is 0.676. The molecule has 1 heteroatoms. The monoisotopic (exact) mass is 226 g/mol.